The first-order valence-corrected chi connectivity index (χ1v) is 43.9. The average molecular weight is 1690 g/mol. The van der Waals surface area contributed by atoms with Gasteiger partial charge >= 0.3 is 17.1 Å². The summed E-state index contributed by atoms with van der Waals surface area (Å²) in [5.74, 6) is -0.622. The second-order valence-corrected chi connectivity index (χ2v) is 38.3. The highest BCUT2D eigenvalue weighted by Gasteiger charge is 2.71. The molecule has 8 fully saturated rings. The zero-order valence-corrected chi connectivity index (χ0v) is 65.2. The Morgan fingerprint density at radius 2 is 0.991 bits per heavy atom. The number of aliphatic hydroxyl groups excluding tert-OH is 1. The number of ether oxygens (including phenoxy) is 8. The summed E-state index contributed by atoms with van der Waals surface area (Å²) in [6.07, 6.45) is -17.8. The van der Waals surface area contributed by atoms with E-state index in [4.69, 9.17) is 139 Å². The molecule has 7 aromatic heterocycles. The van der Waals surface area contributed by atoms with Crippen LogP contribution >= 0.6 is 27.0 Å². The molecule has 15 heterocycles. The zero-order chi connectivity index (χ0) is 78.8. The van der Waals surface area contributed by atoms with Crippen molar-refractivity contribution in [3.05, 3.63) is 121 Å². The van der Waals surface area contributed by atoms with Gasteiger partial charge in [-0.3, -0.25) is 66.5 Å². The van der Waals surface area contributed by atoms with E-state index in [0.29, 0.717) is 6.42 Å². The normalized spacial score (nSPS) is 35.2. The van der Waals surface area contributed by atoms with Gasteiger partial charge in [-0.05, 0) is 48.0 Å². The summed E-state index contributed by atoms with van der Waals surface area (Å²) >= 11 is 22.3. The lowest BCUT2D eigenvalue weighted by Crippen LogP contribution is -2.52. The lowest BCUT2D eigenvalue weighted by Gasteiger charge is -2.42. The minimum absolute atomic E-state index is 0.00641. The summed E-state index contributed by atoms with van der Waals surface area (Å²) < 4.78 is 120. The van der Waals surface area contributed by atoms with Crippen LogP contribution in [0.15, 0.2) is 64.8 Å². The Hall–Kier alpha value is -5.93. The van der Waals surface area contributed by atoms with Crippen LogP contribution in [0.3, 0.4) is 0 Å². The fraction of sp³-hybridized carbons (Fsp3) is 0.614. The SMILES string of the molecule is CC[C@H]1O[C@@H](n2cnc3c(=O)[nH]c(N)nc32)CC1OP([O-])(=S)OC[C@H]1O[C@@H](n2cnc3c(=O)[nH]c(N)nc32)CC1OP(=O)([S-])OC[C@]12O[C@@H](n3cc(C)c(N)nc3=O)[C@@H](O[C@H]1C)C2OP([O-])(=S)OC[C@]12O[C@@H](n3cc(C)c(=O)[nH]c3=O)[C@@H](O[C@H]1C)C2OP([O-])(=S)OC[C@]12O[C@@H](n3cc(C)c(=O)[nH]c3=O)[C@@H](O[C@H]1C)C2O. The molecule has 9 unspecified atom stereocenters. The van der Waals surface area contributed by atoms with Gasteiger partial charge in [0.2, 0.25) is 11.9 Å². The first-order chi connectivity index (χ1) is 51.7. The smallest absolute Gasteiger partial charge is 0.351 e. The highest BCUT2D eigenvalue weighted by molar-refractivity contribution is 8.32. The molecule has 8 aliphatic heterocycles. The Morgan fingerprint density at radius 3 is 1.51 bits per heavy atom. The Balaban J connectivity index is 0.687. The molecule has 0 saturated carbocycles. The molecule has 0 aliphatic carbocycles. The maximum absolute atomic E-state index is 15.3. The van der Waals surface area contributed by atoms with E-state index in [0.717, 1.165) is 19.9 Å². The minimum atomic E-state index is -5.17. The molecule has 25 atom stereocenters. The number of aliphatic hydroxyl groups is 1. The number of nitrogens with two attached hydrogens (primary N) is 3. The molecule has 11 N–H and O–H groups in total. The van der Waals surface area contributed by atoms with Crippen LogP contribution < -0.4 is 71.2 Å². The Labute approximate surface area is 637 Å². The lowest BCUT2D eigenvalue weighted by atomic mass is 9.94. The van der Waals surface area contributed by atoms with E-state index in [9.17, 15) is 48.5 Å². The molecule has 0 aromatic carbocycles. The van der Waals surface area contributed by atoms with Crippen molar-refractivity contribution < 1.29 is 98.4 Å². The van der Waals surface area contributed by atoms with Crippen LogP contribution in [-0.2, 0) is 126 Å². The van der Waals surface area contributed by atoms with Gasteiger partial charge in [-0.25, -0.2) is 24.4 Å². The van der Waals surface area contributed by atoms with Gasteiger partial charge in [0.25, 0.3) is 22.2 Å². The maximum Gasteiger partial charge on any atom is 0.351 e. The van der Waals surface area contributed by atoms with Crippen LogP contribution in [0.25, 0.3) is 22.3 Å². The molecular formula is C57H69N17O28P4S4-4. The number of nitrogens with zero attached hydrogens (tertiary/aromatic N) is 10. The van der Waals surface area contributed by atoms with Gasteiger partial charge in [-0.2, -0.15) is 15.0 Å². The van der Waals surface area contributed by atoms with E-state index in [-0.39, 0.29) is 69.6 Å². The van der Waals surface area contributed by atoms with Crippen LogP contribution in [0, 0.1) is 20.8 Å². The number of hydrogen-bond donors (Lipinski definition) is 8. The number of aromatic amines is 4. The molecule has 8 saturated heterocycles. The number of nitrogens with one attached hydrogen (secondary N) is 4. The van der Waals surface area contributed by atoms with E-state index in [1.165, 1.54) is 75.7 Å². The summed E-state index contributed by atoms with van der Waals surface area (Å²) in [6.45, 7) is -12.7. The van der Waals surface area contributed by atoms with Gasteiger partial charge < -0.3 is 123 Å². The summed E-state index contributed by atoms with van der Waals surface area (Å²) in [5, 5.41) is 11.7. The minimum Gasteiger partial charge on any atom is -0.780 e. The third-order valence-corrected chi connectivity index (χ3v) is 26.8. The molecule has 8 aliphatic rings. The monoisotopic (exact) mass is 1690 g/mol. The summed E-state index contributed by atoms with van der Waals surface area (Å²) in [5.41, 5.74) is 6.29. The number of nitrogen functional groups attached to an aromatic ring is 3. The van der Waals surface area contributed by atoms with Crippen LogP contribution in [-0.4, -0.2) is 195 Å². The van der Waals surface area contributed by atoms with E-state index in [1.807, 2.05) is 0 Å². The number of rotatable bonds is 26. The van der Waals surface area contributed by atoms with Gasteiger partial charge in [-0.1, -0.05) is 42.3 Å². The summed E-state index contributed by atoms with van der Waals surface area (Å²) in [7, 11) is 0. The number of fused-ring (bicyclic) bond motifs is 8. The van der Waals surface area contributed by atoms with Gasteiger partial charge in [0.05, 0.1) is 75.7 Å². The number of aryl methyl sites for hydroxylation is 3. The van der Waals surface area contributed by atoms with Crippen molar-refractivity contribution in [2.45, 2.75) is 195 Å². The largest absolute Gasteiger partial charge is 0.780 e. The number of aromatic nitrogens is 14. The molecule has 7 aromatic rings. The predicted octanol–water partition coefficient (Wildman–Crippen LogP) is -3.19. The quantitative estimate of drug-likeness (QED) is 0.0196. The first-order valence-electron chi connectivity index (χ1n) is 33.7. The van der Waals surface area contributed by atoms with Crippen molar-refractivity contribution in [1.29, 1.82) is 0 Å². The highest BCUT2D eigenvalue weighted by atomic mass is 32.7. The van der Waals surface area contributed by atoms with E-state index >= 15 is 9.46 Å². The Bertz CT molecular complexity index is 5510. The summed E-state index contributed by atoms with van der Waals surface area (Å²) in [6, 6.07) is 0. The molecule has 598 valence electrons. The van der Waals surface area contributed by atoms with Gasteiger partial charge in [-0.15, -0.1) is 0 Å². The number of hydrogen-bond acceptors (Lipinski definition) is 40. The maximum atomic E-state index is 15.3. The highest BCUT2D eigenvalue weighted by Crippen LogP contribution is 2.62. The number of anilines is 3. The molecule has 0 spiro atoms. The average Bonchev–Trinajstić information content (AvgIpc) is 1.56. The standard InChI is InChI=1S/C57H73N17O28P4S4/c1-8-26-27(9-30(94-26)73-18-61-32-41(73)64-50(59)66-45(32)78)99-103(83,107)87-14-29-28(10-31(95-29)74-19-62-33-42(74)65-51(60)67-46(33)79)100-104(84,108)89-16-56-24(6)92-35(48(97-56)70-11-20(2)40(58)63-52(70)80)38(56)102-106(86,110)90-17-57-25(7)93-36(49(98-57)72-13-22(4)44(77)69-54(72)82)39(57)101-105(85,109)88-15-55-23(5)91-34(37(55)75)47(96-55)71-12-21(3)43(76)68-53(71)81/h11-13,18-19,23-31,34-39,47-49,75H,8-10,14-17H2,1-7H3,(H,83,107)(H,84,108)(H,85,109)(H,86,110)(H2,58,63,80)(H,68,76,81)(H,69,77,82)(H3,59,64,66,78)(H3,60,65,67,79)/p-4/t23-,24-,25-,26+,27?,28?,29+,30+,31+,34-,35-,36-,37?,38?,39?,47+,48+,49+,55-,56-,57-,103?,104?,105?,106?/m0/s1. The van der Waals surface area contributed by atoms with Crippen LogP contribution in [0.1, 0.15) is 94.8 Å². The second kappa shape index (κ2) is 28.8. The van der Waals surface area contributed by atoms with Crippen molar-refractivity contribution in [1.82, 2.24) is 67.7 Å². The molecule has 110 heavy (non-hydrogen) atoms. The first kappa shape index (κ1) is 79.3. The van der Waals surface area contributed by atoms with Crippen LogP contribution in [0.2, 0.25) is 0 Å². The topological polar surface area (TPSA) is 604 Å². The van der Waals surface area contributed by atoms with Crippen molar-refractivity contribution in [3.63, 3.8) is 0 Å². The number of H-pyrrole nitrogens is 4. The van der Waals surface area contributed by atoms with Gasteiger partial charge in [0.1, 0.15) is 98.0 Å². The van der Waals surface area contributed by atoms with Crippen molar-refractivity contribution in [2.24, 2.45) is 0 Å². The third-order valence-electron chi connectivity index (χ3n) is 20.7. The molecule has 53 heteroatoms. The van der Waals surface area contributed by atoms with E-state index in [2.05, 4.69) is 44.9 Å². The Kier molecular flexibility index (Phi) is 20.8. The summed E-state index contributed by atoms with van der Waals surface area (Å²) in [4.78, 5) is 165. The molecular weight excluding hydrogens is 1620 g/mol. The lowest BCUT2D eigenvalue weighted by molar-refractivity contribution is -0.245. The molecule has 0 amide bonds. The zero-order valence-electron chi connectivity index (χ0n) is 58.3. The Morgan fingerprint density at radius 1 is 0.564 bits per heavy atom. The van der Waals surface area contributed by atoms with E-state index < -0.39 is 220 Å². The van der Waals surface area contributed by atoms with Crippen molar-refractivity contribution in [2.75, 3.05) is 43.6 Å². The predicted molar refractivity (Wildman–Crippen MR) is 381 cm³/mol. The van der Waals surface area contributed by atoms with Crippen LogP contribution in [0.4, 0.5) is 17.7 Å². The fourth-order valence-electron chi connectivity index (χ4n) is 15.0. The van der Waals surface area contributed by atoms with Crippen molar-refractivity contribution >= 4 is 115 Å². The molecule has 15 rings (SSSR count). The second-order valence-electron chi connectivity index (χ2n) is 27.5. The number of imidazole rings is 2. The third kappa shape index (κ3) is 14.1. The van der Waals surface area contributed by atoms with E-state index in [1.54, 1.807) is 6.92 Å². The fourth-order valence-corrected chi connectivity index (χ4v) is 20.8. The molecule has 0 radical (unpaired) electrons. The molecule has 45 nitrogen and oxygen atoms in total. The van der Waals surface area contributed by atoms with Gasteiger partial charge in [0.15, 0.2) is 47.8 Å². The van der Waals surface area contributed by atoms with Crippen LogP contribution in [0.5, 0.6) is 0 Å². The van der Waals surface area contributed by atoms with Crippen molar-refractivity contribution in [3.8, 4) is 0 Å². The molecule has 6 bridgehead atoms. The van der Waals surface area contributed by atoms with Gasteiger partial charge in [0, 0.05) is 48.1 Å².